The second-order valence-electron chi connectivity index (χ2n) is 5.37. The molecule has 3 aromatic heterocycles. The Morgan fingerprint density at radius 2 is 1.96 bits per heavy atom. The summed E-state index contributed by atoms with van der Waals surface area (Å²) in [6, 6.07) is 3.44. The molecule has 0 bridgehead atoms. The summed E-state index contributed by atoms with van der Waals surface area (Å²) in [4.78, 5) is 11.5. The van der Waals surface area contributed by atoms with Crippen LogP contribution in [0.1, 0.15) is 17.3 Å². The molecule has 0 radical (unpaired) electrons. The van der Waals surface area contributed by atoms with E-state index in [0.717, 1.165) is 4.68 Å². The fraction of sp³-hybridized carbons (Fsp3) is 0.267. The van der Waals surface area contributed by atoms with Crippen LogP contribution in [0.4, 0.5) is 13.2 Å². The van der Waals surface area contributed by atoms with E-state index in [0.29, 0.717) is 22.2 Å². The van der Waals surface area contributed by atoms with Crippen LogP contribution in [-0.4, -0.2) is 42.6 Å². The lowest BCUT2D eigenvalue weighted by atomic mass is 10.1. The van der Waals surface area contributed by atoms with Crippen LogP contribution < -0.4 is 0 Å². The summed E-state index contributed by atoms with van der Waals surface area (Å²) >= 11 is 0. The minimum Gasteiger partial charge on any atom is -0.382 e. The van der Waals surface area contributed by atoms with Gasteiger partial charge in [0.25, 0.3) is 0 Å². The predicted molar refractivity (Wildman–Crippen MR) is 78.5 cm³/mol. The largest absolute Gasteiger partial charge is 0.416 e. The molecule has 6 nitrogen and oxygen atoms in total. The fourth-order valence-corrected chi connectivity index (χ4v) is 2.32. The SMILES string of the molecule is CC(=O)c1cnn2cc(-c3cnn(C[C@H](O)C(F)(F)F)c3)ccc12. The van der Waals surface area contributed by atoms with Gasteiger partial charge in [-0.1, -0.05) is 6.07 Å². The Morgan fingerprint density at radius 3 is 2.62 bits per heavy atom. The number of ketones is 1. The molecule has 0 unspecified atom stereocenters. The first-order chi connectivity index (χ1) is 11.3. The van der Waals surface area contributed by atoms with Gasteiger partial charge in [-0.25, -0.2) is 4.52 Å². The third kappa shape index (κ3) is 3.02. The quantitative estimate of drug-likeness (QED) is 0.741. The Balaban J connectivity index is 1.87. The van der Waals surface area contributed by atoms with Gasteiger partial charge in [-0.05, 0) is 13.0 Å². The highest BCUT2D eigenvalue weighted by Crippen LogP contribution is 2.23. The number of aromatic nitrogens is 4. The van der Waals surface area contributed by atoms with Crippen LogP contribution in [0.2, 0.25) is 0 Å². The number of fused-ring (bicyclic) bond motifs is 1. The van der Waals surface area contributed by atoms with E-state index in [1.807, 2.05) is 0 Å². The number of hydrogen-bond donors (Lipinski definition) is 1. The van der Waals surface area contributed by atoms with E-state index in [1.54, 1.807) is 18.3 Å². The molecule has 0 aliphatic heterocycles. The highest BCUT2D eigenvalue weighted by molar-refractivity contribution is 6.00. The molecule has 0 aliphatic rings. The average molecular weight is 338 g/mol. The van der Waals surface area contributed by atoms with E-state index in [2.05, 4.69) is 10.2 Å². The zero-order valence-electron chi connectivity index (χ0n) is 12.5. The third-order valence-electron chi connectivity index (χ3n) is 3.60. The zero-order valence-corrected chi connectivity index (χ0v) is 12.5. The normalized spacial score (nSPS) is 13.4. The smallest absolute Gasteiger partial charge is 0.382 e. The van der Waals surface area contributed by atoms with Gasteiger partial charge in [-0.2, -0.15) is 23.4 Å². The maximum atomic E-state index is 12.4. The number of carbonyl (C=O) groups excluding carboxylic acids is 1. The Morgan fingerprint density at radius 1 is 1.21 bits per heavy atom. The van der Waals surface area contributed by atoms with Crippen molar-refractivity contribution in [1.29, 1.82) is 0 Å². The maximum Gasteiger partial charge on any atom is 0.416 e. The van der Waals surface area contributed by atoms with Crippen molar-refractivity contribution in [1.82, 2.24) is 19.4 Å². The van der Waals surface area contributed by atoms with Gasteiger partial charge < -0.3 is 5.11 Å². The molecule has 0 saturated carbocycles. The van der Waals surface area contributed by atoms with Crippen molar-refractivity contribution >= 4 is 11.3 Å². The monoisotopic (exact) mass is 338 g/mol. The van der Waals surface area contributed by atoms with Crippen molar-refractivity contribution in [2.45, 2.75) is 25.7 Å². The standard InChI is InChI=1S/C15H13F3N4O2/c1-9(23)12-5-20-22-7-10(2-3-13(12)22)11-4-19-21(6-11)8-14(24)15(16,17)18/h2-7,14,24H,8H2,1H3/t14-/m0/s1. The van der Waals surface area contributed by atoms with Gasteiger partial charge in [0.2, 0.25) is 0 Å². The molecule has 0 aliphatic carbocycles. The number of pyridine rings is 1. The minimum absolute atomic E-state index is 0.105. The number of carbonyl (C=O) groups is 1. The first-order valence-corrected chi connectivity index (χ1v) is 7.01. The van der Waals surface area contributed by atoms with E-state index in [4.69, 9.17) is 5.11 Å². The molecule has 1 atom stereocenters. The lowest BCUT2D eigenvalue weighted by Crippen LogP contribution is -2.32. The molecule has 0 aromatic carbocycles. The van der Waals surface area contributed by atoms with Crippen molar-refractivity contribution in [3.05, 3.63) is 42.5 Å². The second kappa shape index (κ2) is 5.75. The van der Waals surface area contributed by atoms with Crippen LogP contribution in [0, 0.1) is 0 Å². The summed E-state index contributed by atoms with van der Waals surface area (Å²) in [6.07, 6.45) is -1.24. The summed E-state index contributed by atoms with van der Waals surface area (Å²) in [5, 5.41) is 17.0. The van der Waals surface area contributed by atoms with Gasteiger partial charge >= 0.3 is 6.18 Å². The Bertz CT molecular complexity index is 898. The van der Waals surface area contributed by atoms with Gasteiger partial charge in [0.05, 0.1) is 30.0 Å². The Labute approximate surface area is 134 Å². The average Bonchev–Trinajstić information content (AvgIpc) is 3.11. The molecular formula is C15H13F3N4O2. The molecule has 3 heterocycles. The van der Waals surface area contributed by atoms with Crippen molar-refractivity contribution < 1.29 is 23.1 Å². The highest BCUT2D eigenvalue weighted by atomic mass is 19.4. The topological polar surface area (TPSA) is 72.4 Å². The van der Waals surface area contributed by atoms with Crippen molar-refractivity contribution in [3.8, 4) is 11.1 Å². The summed E-state index contributed by atoms with van der Waals surface area (Å²) < 4.78 is 39.7. The summed E-state index contributed by atoms with van der Waals surface area (Å²) in [7, 11) is 0. The second-order valence-corrected chi connectivity index (χ2v) is 5.37. The van der Waals surface area contributed by atoms with Crippen molar-refractivity contribution in [3.63, 3.8) is 0 Å². The first kappa shape index (κ1) is 16.2. The lowest BCUT2D eigenvalue weighted by Gasteiger charge is -2.13. The van der Waals surface area contributed by atoms with Crippen LogP contribution in [0.15, 0.2) is 36.9 Å². The molecule has 3 aromatic rings. The first-order valence-electron chi connectivity index (χ1n) is 7.01. The number of alkyl halides is 3. The van der Waals surface area contributed by atoms with E-state index in [-0.39, 0.29) is 5.78 Å². The molecule has 24 heavy (non-hydrogen) atoms. The molecule has 0 fully saturated rings. The van der Waals surface area contributed by atoms with E-state index in [9.17, 15) is 18.0 Å². The van der Waals surface area contributed by atoms with Gasteiger partial charge in [-0.15, -0.1) is 0 Å². The molecule has 126 valence electrons. The van der Waals surface area contributed by atoms with Crippen molar-refractivity contribution in [2.75, 3.05) is 0 Å². The number of nitrogens with zero attached hydrogens (tertiary/aromatic N) is 4. The van der Waals surface area contributed by atoms with E-state index in [1.165, 1.54) is 30.0 Å². The number of hydrogen-bond acceptors (Lipinski definition) is 4. The van der Waals surface area contributed by atoms with Crippen LogP contribution >= 0.6 is 0 Å². The number of aliphatic hydroxyl groups is 1. The molecule has 0 saturated heterocycles. The third-order valence-corrected chi connectivity index (χ3v) is 3.60. The predicted octanol–water partition coefficient (Wildman–Crippen LogP) is 2.32. The van der Waals surface area contributed by atoms with Gasteiger partial charge in [0.1, 0.15) is 0 Å². The van der Waals surface area contributed by atoms with Crippen LogP contribution in [0.3, 0.4) is 0 Å². The fourth-order valence-electron chi connectivity index (χ4n) is 2.32. The number of aliphatic hydroxyl groups excluding tert-OH is 1. The number of Topliss-reactive ketones (excluding diaryl/α,β-unsaturated/α-hetero) is 1. The minimum atomic E-state index is -4.69. The van der Waals surface area contributed by atoms with Crippen LogP contribution in [-0.2, 0) is 6.54 Å². The summed E-state index contributed by atoms with van der Waals surface area (Å²) in [5.74, 6) is -0.105. The van der Waals surface area contributed by atoms with Gasteiger partial charge in [0, 0.05) is 23.5 Å². The molecular weight excluding hydrogens is 325 g/mol. The lowest BCUT2D eigenvalue weighted by molar-refractivity contribution is -0.208. The molecule has 9 heteroatoms. The zero-order chi connectivity index (χ0) is 17.5. The van der Waals surface area contributed by atoms with E-state index < -0.39 is 18.8 Å². The van der Waals surface area contributed by atoms with Gasteiger partial charge in [0.15, 0.2) is 11.9 Å². The van der Waals surface area contributed by atoms with Crippen molar-refractivity contribution in [2.24, 2.45) is 0 Å². The number of halogens is 3. The molecule has 0 spiro atoms. The number of rotatable bonds is 4. The summed E-state index contributed by atoms with van der Waals surface area (Å²) in [5.41, 5.74) is 2.39. The molecule has 1 N–H and O–H groups in total. The summed E-state index contributed by atoms with van der Waals surface area (Å²) in [6.45, 7) is 0.767. The Kier molecular flexibility index (Phi) is 3.88. The Hall–Kier alpha value is -2.68. The van der Waals surface area contributed by atoms with Gasteiger partial charge in [-0.3, -0.25) is 9.48 Å². The maximum absolute atomic E-state index is 12.4. The molecule has 0 amide bonds. The molecule has 3 rings (SSSR count). The highest BCUT2D eigenvalue weighted by Gasteiger charge is 2.38. The van der Waals surface area contributed by atoms with E-state index >= 15 is 0 Å². The van der Waals surface area contributed by atoms with Crippen LogP contribution in [0.25, 0.3) is 16.6 Å². The van der Waals surface area contributed by atoms with Crippen LogP contribution in [0.5, 0.6) is 0 Å².